The molecule has 17 heavy (non-hydrogen) atoms. The Kier molecular flexibility index (Phi) is 5.02. The Labute approximate surface area is 99.3 Å². The maximum Gasteiger partial charge on any atom is 0.391 e. The second kappa shape index (κ2) is 6.07. The number of rotatable bonds is 4. The van der Waals surface area contributed by atoms with Gasteiger partial charge in [0.05, 0.1) is 5.92 Å². The minimum absolute atomic E-state index is 0.0660. The molecule has 1 amide bonds. The molecular formula is C12H18F3NO. The lowest BCUT2D eigenvalue weighted by molar-refractivity contribution is -0.186. The third-order valence-electron chi connectivity index (χ3n) is 3.16. The normalized spacial score (nSPS) is 25.4. The summed E-state index contributed by atoms with van der Waals surface area (Å²) in [5.41, 5.74) is 0. The molecule has 0 aromatic rings. The molecule has 1 aliphatic rings. The largest absolute Gasteiger partial charge is 0.391 e. The molecule has 1 saturated carbocycles. The Hall–Kier alpha value is -1.00. The van der Waals surface area contributed by atoms with Gasteiger partial charge in [-0.2, -0.15) is 13.2 Å². The second-order valence-corrected chi connectivity index (χ2v) is 4.47. The topological polar surface area (TPSA) is 29.1 Å². The van der Waals surface area contributed by atoms with E-state index in [4.69, 9.17) is 0 Å². The van der Waals surface area contributed by atoms with Crippen molar-refractivity contribution in [2.45, 2.75) is 38.3 Å². The van der Waals surface area contributed by atoms with Crippen LogP contribution in [0.5, 0.6) is 0 Å². The molecule has 1 rings (SSSR count). The maximum absolute atomic E-state index is 12.5. The summed E-state index contributed by atoms with van der Waals surface area (Å²) >= 11 is 0. The van der Waals surface area contributed by atoms with Crippen molar-refractivity contribution in [1.82, 2.24) is 5.32 Å². The first-order valence-electron chi connectivity index (χ1n) is 5.90. The van der Waals surface area contributed by atoms with Gasteiger partial charge in [0.1, 0.15) is 0 Å². The van der Waals surface area contributed by atoms with Gasteiger partial charge in [-0.25, -0.2) is 0 Å². The van der Waals surface area contributed by atoms with Crippen molar-refractivity contribution < 1.29 is 18.0 Å². The molecule has 1 fully saturated rings. The van der Waals surface area contributed by atoms with Gasteiger partial charge in [-0.1, -0.05) is 12.5 Å². The minimum atomic E-state index is -4.17. The molecule has 0 heterocycles. The fraction of sp³-hybridized carbons (Fsp3) is 0.750. The number of alkyl halides is 3. The number of hydrogen-bond acceptors (Lipinski definition) is 1. The summed E-state index contributed by atoms with van der Waals surface area (Å²) in [6.07, 6.45) is -0.736. The molecule has 0 spiro atoms. The zero-order valence-corrected chi connectivity index (χ0v) is 9.72. The number of carbonyl (C=O) groups is 1. The summed E-state index contributed by atoms with van der Waals surface area (Å²) in [6, 6.07) is 0. The van der Waals surface area contributed by atoms with Crippen LogP contribution in [0.15, 0.2) is 12.7 Å². The van der Waals surface area contributed by atoms with Gasteiger partial charge >= 0.3 is 6.18 Å². The van der Waals surface area contributed by atoms with Crippen LogP contribution in [0.1, 0.15) is 32.1 Å². The molecule has 0 bridgehead atoms. The third-order valence-corrected chi connectivity index (χ3v) is 3.16. The van der Waals surface area contributed by atoms with Gasteiger partial charge in [0.25, 0.3) is 0 Å². The molecule has 2 nitrogen and oxygen atoms in total. The van der Waals surface area contributed by atoms with Crippen molar-refractivity contribution in [3.05, 3.63) is 12.7 Å². The van der Waals surface area contributed by atoms with E-state index < -0.39 is 18.0 Å². The SMILES string of the molecule is C=CCCNC(=O)C1CCCC(C(F)(F)F)C1. The van der Waals surface area contributed by atoms with Gasteiger partial charge in [0, 0.05) is 12.5 Å². The summed E-state index contributed by atoms with van der Waals surface area (Å²) in [6.45, 7) is 3.97. The molecule has 1 aliphatic carbocycles. The molecule has 5 heteroatoms. The first-order chi connectivity index (χ1) is 7.95. The van der Waals surface area contributed by atoms with Gasteiger partial charge in [0.15, 0.2) is 0 Å². The lowest BCUT2D eigenvalue weighted by Gasteiger charge is -2.29. The Morgan fingerprint density at radius 1 is 1.41 bits per heavy atom. The van der Waals surface area contributed by atoms with Gasteiger partial charge in [-0.3, -0.25) is 4.79 Å². The van der Waals surface area contributed by atoms with Crippen LogP contribution >= 0.6 is 0 Å². The van der Waals surface area contributed by atoms with Crippen molar-refractivity contribution in [2.75, 3.05) is 6.54 Å². The molecule has 0 aliphatic heterocycles. The first kappa shape index (κ1) is 14.1. The number of halogens is 3. The van der Waals surface area contributed by atoms with E-state index in [9.17, 15) is 18.0 Å². The fourth-order valence-corrected chi connectivity index (χ4v) is 2.17. The first-order valence-corrected chi connectivity index (χ1v) is 5.90. The molecule has 0 saturated heterocycles. The van der Waals surface area contributed by atoms with Crippen molar-refractivity contribution in [3.63, 3.8) is 0 Å². The summed E-state index contributed by atoms with van der Waals surface area (Å²) in [5.74, 6) is -2.05. The molecule has 98 valence electrons. The molecule has 2 unspecified atom stereocenters. The van der Waals surface area contributed by atoms with Crippen LogP contribution < -0.4 is 5.32 Å². The molecule has 0 radical (unpaired) electrons. The zero-order valence-electron chi connectivity index (χ0n) is 9.72. The van der Waals surface area contributed by atoms with Crippen LogP contribution in [-0.2, 0) is 4.79 Å². The van der Waals surface area contributed by atoms with Crippen molar-refractivity contribution >= 4 is 5.91 Å². The summed E-state index contributed by atoms with van der Waals surface area (Å²) in [7, 11) is 0. The Morgan fingerprint density at radius 3 is 2.71 bits per heavy atom. The Balaban J connectivity index is 2.43. The maximum atomic E-state index is 12.5. The van der Waals surface area contributed by atoms with Gasteiger partial charge in [-0.15, -0.1) is 6.58 Å². The summed E-state index contributed by atoms with van der Waals surface area (Å²) in [4.78, 5) is 11.6. The van der Waals surface area contributed by atoms with Crippen molar-refractivity contribution in [2.24, 2.45) is 11.8 Å². The Morgan fingerprint density at radius 2 is 2.12 bits per heavy atom. The van der Waals surface area contributed by atoms with Gasteiger partial charge in [-0.05, 0) is 25.7 Å². The minimum Gasteiger partial charge on any atom is -0.356 e. The third kappa shape index (κ3) is 4.40. The Bertz CT molecular complexity index is 275. The van der Waals surface area contributed by atoms with E-state index in [1.54, 1.807) is 6.08 Å². The average molecular weight is 249 g/mol. The monoisotopic (exact) mass is 249 g/mol. The smallest absolute Gasteiger partial charge is 0.356 e. The molecular weight excluding hydrogens is 231 g/mol. The van der Waals surface area contributed by atoms with Crippen LogP contribution in [0.3, 0.4) is 0 Å². The zero-order chi connectivity index (χ0) is 12.9. The van der Waals surface area contributed by atoms with E-state index in [0.717, 1.165) is 0 Å². The van der Waals surface area contributed by atoms with E-state index in [1.165, 1.54) is 0 Å². The highest BCUT2D eigenvalue weighted by Gasteiger charge is 2.43. The number of nitrogens with one attached hydrogen (secondary N) is 1. The van der Waals surface area contributed by atoms with E-state index >= 15 is 0 Å². The number of amides is 1. The second-order valence-electron chi connectivity index (χ2n) is 4.47. The van der Waals surface area contributed by atoms with E-state index in [1.807, 2.05) is 0 Å². The van der Waals surface area contributed by atoms with Crippen LogP contribution in [0.4, 0.5) is 13.2 Å². The van der Waals surface area contributed by atoms with Crippen molar-refractivity contribution in [1.29, 1.82) is 0 Å². The molecule has 0 aromatic carbocycles. The highest BCUT2D eigenvalue weighted by molar-refractivity contribution is 5.78. The van der Waals surface area contributed by atoms with Gasteiger partial charge in [0.2, 0.25) is 5.91 Å². The highest BCUT2D eigenvalue weighted by atomic mass is 19.4. The lowest BCUT2D eigenvalue weighted by atomic mass is 9.80. The molecule has 2 atom stereocenters. The van der Waals surface area contributed by atoms with E-state index in [0.29, 0.717) is 25.8 Å². The van der Waals surface area contributed by atoms with Crippen LogP contribution in [0.2, 0.25) is 0 Å². The van der Waals surface area contributed by atoms with Crippen LogP contribution in [-0.4, -0.2) is 18.6 Å². The number of hydrogen-bond donors (Lipinski definition) is 1. The van der Waals surface area contributed by atoms with Gasteiger partial charge < -0.3 is 5.32 Å². The predicted octanol–water partition coefficient (Wildman–Crippen LogP) is 3.05. The number of carbonyl (C=O) groups excluding carboxylic acids is 1. The lowest BCUT2D eigenvalue weighted by Crippen LogP contribution is -2.37. The van der Waals surface area contributed by atoms with E-state index in [2.05, 4.69) is 11.9 Å². The quantitative estimate of drug-likeness (QED) is 0.602. The average Bonchev–Trinajstić information content (AvgIpc) is 2.28. The predicted molar refractivity (Wildman–Crippen MR) is 59.3 cm³/mol. The van der Waals surface area contributed by atoms with E-state index in [-0.39, 0.29) is 18.7 Å². The standard InChI is InChI=1S/C12H18F3NO/c1-2-3-7-16-11(17)9-5-4-6-10(8-9)12(13,14)15/h2,9-10H,1,3-8H2,(H,16,17). The highest BCUT2D eigenvalue weighted by Crippen LogP contribution is 2.39. The molecule has 1 N–H and O–H groups in total. The van der Waals surface area contributed by atoms with Crippen LogP contribution in [0.25, 0.3) is 0 Å². The van der Waals surface area contributed by atoms with Crippen LogP contribution in [0, 0.1) is 11.8 Å². The van der Waals surface area contributed by atoms with Crippen molar-refractivity contribution in [3.8, 4) is 0 Å². The summed E-state index contributed by atoms with van der Waals surface area (Å²) in [5, 5.41) is 2.65. The fourth-order valence-electron chi connectivity index (χ4n) is 2.17. The summed E-state index contributed by atoms with van der Waals surface area (Å²) < 4.78 is 37.6. The molecule has 0 aromatic heterocycles.